The predicted molar refractivity (Wildman–Crippen MR) is 263 cm³/mol. The smallest absolute Gasteiger partial charge is 0.407 e. The molecule has 4 amide bonds. The molecule has 3 saturated heterocycles. The molecular formula is C52H69N9O8. The van der Waals surface area contributed by atoms with Crippen molar-refractivity contribution in [1.29, 1.82) is 0 Å². The molecule has 0 bridgehead atoms. The van der Waals surface area contributed by atoms with Crippen LogP contribution in [0.15, 0.2) is 60.7 Å². The lowest BCUT2D eigenvalue weighted by Crippen LogP contribution is -2.51. The Hall–Kier alpha value is -6.20. The first-order valence-corrected chi connectivity index (χ1v) is 24.2. The van der Waals surface area contributed by atoms with E-state index in [9.17, 15) is 19.2 Å². The molecule has 4 N–H and O–H groups in total. The normalized spacial score (nSPS) is 22.8. The van der Waals surface area contributed by atoms with Crippen molar-refractivity contribution in [3.05, 3.63) is 89.0 Å². The summed E-state index contributed by atoms with van der Waals surface area (Å²) < 4.78 is 22.6. The zero-order chi connectivity index (χ0) is 49.5. The molecule has 0 spiro atoms. The summed E-state index contributed by atoms with van der Waals surface area (Å²) in [6.07, 6.45) is 0.963. The van der Waals surface area contributed by atoms with Crippen LogP contribution in [-0.2, 0) is 34.0 Å². The molecule has 69 heavy (non-hydrogen) atoms. The first-order chi connectivity index (χ1) is 33.0. The van der Waals surface area contributed by atoms with Crippen molar-refractivity contribution in [3.63, 3.8) is 0 Å². The topological polar surface area (TPSA) is 196 Å². The Balaban J connectivity index is 1.16. The van der Waals surface area contributed by atoms with Crippen molar-refractivity contribution in [3.8, 4) is 0 Å². The number of H-pyrrole nitrogens is 2. The molecule has 17 heteroatoms. The van der Waals surface area contributed by atoms with Crippen LogP contribution in [0.2, 0.25) is 0 Å². The van der Waals surface area contributed by atoms with Gasteiger partial charge < -0.3 is 54.2 Å². The summed E-state index contributed by atoms with van der Waals surface area (Å²) in [4.78, 5) is 75.8. The number of aromatic amines is 2. The molecule has 370 valence electrons. The summed E-state index contributed by atoms with van der Waals surface area (Å²) in [6.45, 7) is 15.3. The Morgan fingerprint density at radius 3 is 1.42 bits per heavy atom. The lowest BCUT2D eigenvalue weighted by Gasteiger charge is -2.34. The number of amides is 4. The minimum atomic E-state index is -0.738. The molecule has 3 aliphatic heterocycles. The summed E-state index contributed by atoms with van der Waals surface area (Å²) in [5.41, 5.74) is 7.35. The number of methoxy groups -OCH3 is 4. The molecule has 5 aromatic rings. The molecular weight excluding hydrogens is 879 g/mol. The van der Waals surface area contributed by atoms with Gasteiger partial charge in [0.05, 0.1) is 60.5 Å². The van der Waals surface area contributed by atoms with Gasteiger partial charge in [-0.3, -0.25) is 9.59 Å². The number of alkyl carbamates (subject to hydrolysis) is 2. The first kappa shape index (κ1) is 49.2. The van der Waals surface area contributed by atoms with Crippen LogP contribution in [0.25, 0.3) is 22.1 Å². The maximum atomic E-state index is 14.0. The molecule has 5 heterocycles. The molecule has 3 aromatic carbocycles. The van der Waals surface area contributed by atoms with Crippen molar-refractivity contribution < 1.29 is 38.1 Å². The fourth-order valence-electron chi connectivity index (χ4n) is 10.7. The van der Waals surface area contributed by atoms with Gasteiger partial charge in [-0.05, 0) is 96.0 Å². The number of fused-ring (bicyclic) bond motifs is 2. The van der Waals surface area contributed by atoms with Gasteiger partial charge in [-0.25, -0.2) is 19.6 Å². The second-order valence-electron chi connectivity index (χ2n) is 20.4. The molecule has 3 aliphatic rings. The summed E-state index contributed by atoms with van der Waals surface area (Å²) in [5.74, 6) is 0.764. The second kappa shape index (κ2) is 20.0. The van der Waals surface area contributed by atoms with Crippen molar-refractivity contribution in [2.45, 2.75) is 128 Å². The number of rotatable bonds is 13. The van der Waals surface area contributed by atoms with Crippen LogP contribution in [-0.4, -0.2) is 120 Å². The van der Waals surface area contributed by atoms with E-state index in [4.69, 9.17) is 28.9 Å². The predicted octanol–water partition coefficient (Wildman–Crippen LogP) is 8.16. The summed E-state index contributed by atoms with van der Waals surface area (Å²) in [5, 5.41) is 5.48. The van der Waals surface area contributed by atoms with Crippen molar-refractivity contribution in [2.24, 2.45) is 11.8 Å². The third-order valence-electron chi connectivity index (χ3n) is 14.3. The number of carbonyl (C=O) groups excluding carboxylic acids is 4. The molecule has 0 unspecified atom stereocenters. The Labute approximate surface area is 404 Å². The van der Waals surface area contributed by atoms with E-state index < -0.39 is 36.5 Å². The zero-order valence-corrected chi connectivity index (χ0v) is 41.8. The fraction of sp³-hybridized carbons (Fsp3) is 0.538. The second-order valence-corrected chi connectivity index (χ2v) is 20.4. The number of carbonyl (C=O) groups is 4. The van der Waals surface area contributed by atoms with Gasteiger partial charge in [-0.1, -0.05) is 72.7 Å². The number of likely N-dealkylation sites (tertiary alicyclic amines) is 2. The minimum Gasteiger partial charge on any atom is -0.453 e. The summed E-state index contributed by atoms with van der Waals surface area (Å²) in [6, 6.07) is 18.6. The Morgan fingerprint density at radius 1 is 0.638 bits per heavy atom. The van der Waals surface area contributed by atoms with Crippen LogP contribution >= 0.6 is 0 Å². The number of hydrogen-bond donors (Lipinski definition) is 4. The lowest BCUT2D eigenvalue weighted by atomic mass is 9.87. The van der Waals surface area contributed by atoms with E-state index in [2.05, 4.69) is 94.8 Å². The van der Waals surface area contributed by atoms with E-state index in [1.807, 2.05) is 49.6 Å². The van der Waals surface area contributed by atoms with Crippen LogP contribution in [0.3, 0.4) is 0 Å². The number of hydrogen-bond acceptors (Lipinski definition) is 11. The minimum absolute atomic E-state index is 0.0562. The van der Waals surface area contributed by atoms with Crippen LogP contribution in [0.1, 0.15) is 127 Å². The largest absolute Gasteiger partial charge is 0.453 e. The van der Waals surface area contributed by atoms with E-state index >= 15 is 0 Å². The van der Waals surface area contributed by atoms with Gasteiger partial charge in [-0.15, -0.1) is 0 Å². The number of anilines is 1. The average molecular weight is 948 g/mol. The molecule has 17 nitrogen and oxygen atoms in total. The first-order valence-electron chi connectivity index (χ1n) is 24.2. The van der Waals surface area contributed by atoms with Crippen molar-refractivity contribution in [2.75, 3.05) is 46.4 Å². The van der Waals surface area contributed by atoms with E-state index in [1.165, 1.54) is 19.8 Å². The van der Waals surface area contributed by atoms with Crippen LogP contribution in [0, 0.1) is 11.8 Å². The van der Waals surface area contributed by atoms with Crippen LogP contribution in [0.5, 0.6) is 0 Å². The van der Waals surface area contributed by atoms with Gasteiger partial charge in [0.2, 0.25) is 11.8 Å². The molecule has 8 rings (SSSR count). The van der Waals surface area contributed by atoms with E-state index in [0.717, 1.165) is 64.6 Å². The molecule has 2 aromatic heterocycles. The van der Waals surface area contributed by atoms with Crippen LogP contribution < -0.4 is 15.5 Å². The average Bonchev–Trinajstić information content (AvgIpc) is 4.19. The molecule has 8 atom stereocenters. The molecule has 0 aliphatic carbocycles. The third kappa shape index (κ3) is 9.59. The number of ether oxygens (including phenoxy) is 4. The summed E-state index contributed by atoms with van der Waals surface area (Å²) in [7, 11) is 6.05. The number of benzene rings is 3. The number of imidazole rings is 2. The highest BCUT2D eigenvalue weighted by Crippen LogP contribution is 2.50. The summed E-state index contributed by atoms with van der Waals surface area (Å²) >= 11 is 0. The zero-order valence-electron chi connectivity index (χ0n) is 41.8. The number of nitrogens with one attached hydrogen (secondary N) is 4. The highest BCUT2D eigenvalue weighted by atomic mass is 16.5. The Bertz CT molecular complexity index is 2500. The highest BCUT2D eigenvalue weighted by Gasteiger charge is 2.51. The molecule has 0 radical (unpaired) electrons. The highest BCUT2D eigenvalue weighted by molar-refractivity contribution is 5.88. The van der Waals surface area contributed by atoms with Crippen molar-refractivity contribution >= 4 is 51.8 Å². The van der Waals surface area contributed by atoms with Gasteiger partial charge in [0.1, 0.15) is 35.9 Å². The van der Waals surface area contributed by atoms with E-state index in [-0.39, 0.29) is 53.2 Å². The SMILES string of the molecule is COC(=O)N[C@@H](C(=O)N1CCC[C@H]1c1nc2ccc([C@H]3[C@@H](OC)[C@H](OC)[C@H](c4ccc5nc([C@@H]6CCCN6C(=O)[C@H](NC(=O)OC)C(C)C)[nH]c5c4)N3c3ccc(C(C)(C)C)cc3)cc2[nH]1)C(C)C. The van der Waals surface area contributed by atoms with E-state index in [0.29, 0.717) is 24.7 Å². The van der Waals surface area contributed by atoms with Gasteiger partial charge >= 0.3 is 12.2 Å². The maximum absolute atomic E-state index is 14.0. The Morgan fingerprint density at radius 2 is 1.06 bits per heavy atom. The fourth-order valence-corrected chi connectivity index (χ4v) is 10.7. The number of aromatic nitrogens is 4. The van der Waals surface area contributed by atoms with Gasteiger partial charge in [0.25, 0.3) is 0 Å². The van der Waals surface area contributed by atoms with Gasteiger partial charge in [0, 0.05) is 33.0 Å². The van der Waals surface area contributed by atoms with E-state index in [1.54, 1.807) is 14.2 Å². The molecule has 3 fully saturated rings. The lowest BCUT2D eigenvalue weighted by molar-refractivity contribution is -0.136. The van der Waals surface area contributed by atoms with Gasteiger partial charge in [0.15, 0.2) is 0 Å². The Kier molecular flexibility index (Phi) is 14.3. The quantitative estimate of drug-likeness (QED) is 0.0889. The van der Waals surface area contributed by atoms with Crippen molar-refractivity contribution in [1.82, 2.24) is 40.4 Å². The number of nitrogens with zero attached hydrogens (tertiary/aromatic N) is 5. The van der Waals surface area contributed by atoms with Crippen LogP contribution in [0.4, 0.5) is 15.3 Å². The monoisotopic (exact) mass is 948 g/mol. The molecule has 0 saturated carbocycles. The maximum Gasteiger partial charge on any atom is 0.407 e. The standard InChI is InChI=1S/C52H69N9O8/c1-28(2)40(57-50(64)68-10)48(62)59-24-12-14-38(59)46-53-34-22-16-30(26-36(34)55-46)42-44(66-8)45(67-9)43(61(42)33-20-18-32(19-21-33)52(5,6)7)31-17-23-35-37(27-31)56-47(54-35)39-15-13-25-60(39)49(63)41(29(3)4)58-51(65)69-11/h16-23,26-29,38-45H,12-15,24-25H2,1-11H3,(H,53,55)(H,54,56)(H,57,64)(H,58,65)/t38-,39-,40+,41+,42-,43-,44+,45+/m0/s1. The third-order valence-corrected chi connectivity index (χ3v) is 14.3. The van der Waals surface area contributed by atoms with Gasteiger partial charge in [-0.2, -0.15) is 0 Å².